The summed E-state index contributed by atoms with van der Waals surface area (Å²) < 4.78 is 67.5. The van der Waals surface area contributed by atoms with Crippen molar-refractivity contribution < 1.29 is 71.2 Å². The second kappa shape index (κ2) is 34.7. The largest absolute Gasteiger partial charge is 0.467 e. The highest BCUT2D eigenvalue weighted by atomic mass is 16.6. The molecule has 0 aliphatic heterocycles. The van der Waals surface area contributed by atoms with Gasteiger partial charge in [0.1, 0.15) is 13.2 Å². The lowest BCUT2D eigenvalue weighted by atomic mass is 10.6. The molecule has 0 aromatic rings. The van der Waals surface area contributed by atoms with E-state index in [4.69, 9.17) is 52.1 Å². The fourth-order valence-corrected chi connectivity index (χ4v) is 2.53. The highest BCUT2D eigenvalue weighted by Crippen LogP contribution is 1.87. The smallest absolute Gasteiger partial charge is 0.331 e. The standard InChI is InChI=1S/C26H50O15/c1-29-25(27)23-40-21-19-38-17-15-36-13-11-34-9-7-32-5-3-31-4-6-33-8-10-35-12-14-37-16-18-39-20-22-41-24-26(28)30-2/h3-24H2,1-2H3. The first-order valence-electron chi connectivity index (χ1n) is 13.7. The molecule has 0 saturated heterocycles. The second-order valence-corrected chi connectivity index (χ2v) is 7.77. The van der Waals surface area contributed by atoms with Gasteiger partial charge >= 0.3 is 11.9 Å². The van der Waals surface area contributed by atoms with Gasteiger partial charge in [0.05, 0.1) is 146 Å². The van der Waals surface area contributed by atoms with E-state index in [9.17, 15) is 9.59 Å². The summed E-state index contributed by atoms with van der Waals surface area (Å²) in [7, 11) is 2.62. The van der Waals surface area contributed by atoms with E-state index >= 15 is 0 Å². The van der Waals surface area contributed by atoms with Gasteiger partial charge in [0.15, 0.2) is 0 Å². The maximum Gasteiger partial charge on any atom is 0.331 e. The Labute approximate surface area is 243 Å². The molecule has 0 aromatic heterocycles. The summed E-state index contributed by atoms with van der Waals surface area (Å²) in [5, 5.41) is 0. The maximum atomic E-state index is 10.8. The van der Waals surface area contributed by atoms with Crippen LogP contribution >= 0.6 is 0 Å². The van der Waals surface area contributed by atoms with E-state index in [2.05, 4.69) is 9.47 Å². The first-order chi connectivity index (χ1) is 20.2. The Morgan fingerprint density at radius 2 is 0.439 bits per heavy atom. The van der Waals surface area contributed by atoms with Crippen LogP contribution in [0.3, 0.4) is 0 Å². The third-order valence-electron chi connectivity index (χ3n) is 4.62. The van der Waals surface area contributed by atoms with Crippen LogP contribution in [0.1, 0.15) is 0 Å². The Bertz CT molecular complexity index is 507. The van der Waals surface area contributed by atoms with Gasteiger partial charge in [-0.25, -0.2) is 9.59 Å². The van der Waals surface area contributed by atoms with Crippen molar-refractivity contribution in [3.05, 3.63) is 0 Å². The van der Waals surface area contributed by atoms with Crippen molar-refractivity contribution in [1.29, 1.82) is 0 Å². The van der Waals surface area contributed by atoms with Crippen LogP contribution in [0.2, 0.25) is 0 Å². The molecule has 244 valence electrons. The van der Waals surface area contributed by atoms with Crippen molar-refractivity contribution in [3.63, 3.8) is 0 Å². The topological polar surface area (TPSA) is 154 Å². The fraction of sp³-hybridized carbons (Fsp3) is 0.923. The Hall–Kier alpha value is -1.50. The van der Waals surface area contributed by atoms with E-state index in [-0.39, 0.29) is 13.2 Å². The minimum Gasteiger partial charge on any atom is -0.467 e. The number of ether oxygens (including phenoxy) is 13. The summed E-state index contributed by atoms with van der Waals surface area (Å²) in [6, 6.07) is 0. The molecule has 0 aromatic carbocycles. The molecule has 0 heterocycles. The zero-order valence-corrected chi connectivity index (χ0v) is 24.7. The summed E-state index contributed by atoms with van der Waals surface area (Å²) >= 11 is 0. The summed E-state index contributed by atoms with van der Waals surface area (Å²) in [4.78, 5) is 21.7. The van der Waals surface area contributed by atoms with Crippen molar-refractivity contribution >= 4 is 11.9 Å². The van der Waals surface area contributed by atoms with Crippen molar-refractivity contribution in [2.24, 2.45) is 0 Å². The number of carbonyl (C=O) groups excluding carboxylic acids is 2. The van der Waals surface area contributed by atoms with Gasteiger partial charge in [-0.15, -0.1) is 0 Å². The number of rotatable bonds is 34. The van der Waals surface area contributed by atoms with Crippen molar-refractivity contribution in [2.45, 2.75) is 0 Å². The molecular formula is C26H50O15. The van der Waals surface area contributed by atoms with E-state index in [1.807, 2.05) is 0 Å². The zero-order chi connectivity index (χ0) is 29.9. The summed E-state index contributed by atoms with van der Waals surface area (Å²) in [5.41, 5.74) is 0. The minimum atomic E-state index is -0.411. The highest BCUT2D eigenvalue weighted by molar-refractivity contribution is 5.70. The van der Waals surface area contributed by atoms with Gasteiger partial charge in [-0.3, -0.25) is 0 Å². The molecule has 0 spiro atoms. The van der Waals surface area contributed by atoms with Gasteiger partial charge in [0.25, 0.3) is 0 Å². The fourth-order valence-electron chi connectivity index (χ4n) is 2.53. The number of methoxy groups -OCH3 is 2. The second-order valence-electron chi connectivity index (χ2n) is 7.77. The van der Waals surface area contributed by atoms with Crippen LogP contribution in [0.15, 0.2) is 0 Å². The predicted octanol–water partition coefficient (Wildman–Crippen LogP) is -0.485. The number of carbonyl (C=O) groups is 2. The molecule has 0 N–H and O–H groups in total. The molecule has 0 fully saturated rings. The third kappa shape index (κ3) is 34.6. The summed E-state index contributed by atoms with van der Waals surface area (Å²) in [6.07, 6.45) is 0. The molecule has 0 radical (unpaired) electrons. The monoisotopic (exact) mass is 602 g/mol. The van der Waals surface area contributed by atoms with E-state index in [0.29, 0.717) is 132 Å². The number of esters is 2. The molecule has 41 heavy (non-hydrogen) atoms. The summed E-state index contributed by atoms with van der Waals surface area (Å²) in [6.45, 7) is 8.82. The number of hydrogen-bond donors (Lipinski definition) is 0. The lowest BCUT2D eigenvalue weighted by Crippen LogP contribution is -2.16. The van der Waals surface area contributed by atoms with Gasteiger partial charge in [0, 0.05) is 0 Å². The summed E-state index contributed by atoms with van der Waals surface area (Å²) in [5.74, 6) is -0.823. The van der Waals surface area contributed by atoms with E-state index in [1.54, 1.807) is 0 Å². The highest BCUT2D eigenvalue weighted by Gasteiger charge is 2.00. The van der Waals surface area contributed by atoms with Crippen LogP contribution in [0.25, 0.3) is 0 Å². The molecule has 0 unspecified atom stereocenters. The molecule has 0 bridgehead atoms. The molecule has 0 aliphatic carbocycles. The zero-order valence-electron chi connectivity index (χ0n) is 24.7. The van der Waals surface area contributed by atoms with Gasteiger partial charge in [-0.1, -0.05) is 0 Å². The van der Waals surface area contributed by atoms with E-state index < -0.39 is 11.9 Å². The first kappa shape index (κ1) is 39.5. The average Bonchev–Trinajstić information content (AvgIpc) is 2.99. The first-order valence-corrected chi connectivity index (χ1v) is 13.7. The maximum absolute atomic E-state index is 10.8. The van der Waals surface area contributed by atoms with Crippen LogP contribution in [0.5, 0.6) is 0 Å². The van der Waals surface area contributed by atoms with Crippen molar-refractivity contribution in [3.8, 4) is 0 Å². The molecule has 15 nitrogen and oxygen atoms in total. The third-order valence-corrected chi connectivity index (χ3v) is 4.62. The van der Waals surface area contributed by atoms with Crippen molar-refractivity contribution in [1.82, 2.24) is 0 Å². The quantitative estimate of drug-likeness (QED) is 0.0687. The van der Waals surface area contributed by atoms with Crippen LogP contribution < -0.4 is 0 Å². The molecule has 15 heteroatoms. The Balaban J connectivity index is 3.06. The Kier molecular flexibility index (Phi) is 33.4. The molecule has 0 aliphatic rings. The van der Waals surface area contributed by atoms with Gasteiger partial charge < -0.3 is 61.6 Å². The van der Waals surface area contributed by atoms with E-state index in [1.165, 1.54) is 14.2 Å². The van der Waals surface area contributed by atoms with E-state index in [0.717, 1.165) is 0 Å². The molecular weight excluding hydrogens is 552 g/mol. The van der Waals surface area contributed by atoms with Crippen molar-refractivity contribution in [2.75, 3.05) is 160 Å². The average molecular weight is 603 g/mol. The molecule has 0 saturated carbocycles. The van der Waals surface area contributed by atoms with Crippen LogP contribution in [0.4, 0.5) is 0 Å². The molecule has 0 atom stereocenters. The van der Waals surface area contributed by atoms with Crippen LogP contribution in [-0.4, -0.2) is 172 Å². The Morgan fingerprint density at radius 1 is 0.293 bits per heavy atom. The van der Waals surface area contributed by atoms with Gasteiger partial charge in [-0.05, 0) is 0 Å². The molecule has 0 amide bonds. The lowest BCUT2D eigenvalue weighted by Gasteiger charge is -2.09. The Morgan fingerprint density at radius 3 is 0.585 bits per heavy atom. The van der Waals surface area contributed by atoms with Gasteiger partial charge in [0.2, 0.25) is 0 Å². The van der Waals surface area contributed by atoms with Crippen LogP contribution in [0, 0.1) is 0 Å². The SMILES string of the molecule is COC(=O)COCCOCCOCCOCCOCCOCCOCCOCCOCCOCCOCC(=O)OC. The lowest BCUT2D eigenvalue weighted by molar-refractivity contribution is -0.147. The van der Waals surface area contributed by atoms with Crippen LogP contribution in [-0.2, 0) is 71.2 Å². The minimum absolute atomic E-state index is 0.0739. The number of hydrogen-bond acceptors (Lipinski definition) is 15. The van der Waals surface area contributed by atoms with Gasteiger partial charge in [-0.2, -0.15) is 0 Å². The predicted molar refractivity (Wildman–Crippen MR) is 143 cm³/mol. The normalized spacial score (nSPS) is 11.2. The molecule has 0 rings (SSSR count).